The fourth-order valence-electron chi connectivity index (χ4n) is 2.35. The van der Waals surface area contributed by atoms with Crippen LogP contribution in [0.2, 0.25) is 0 Å². The van der Waals surface area contributed by atoms with Gasteiger partial charge >= 0.3 is 0 Å². The van der Waals surface area contributed by atoms with Crippen LogP contribution in [-0.2, 0) is 0 Å². The molecule has 20 heavy (non-hydrogen) atoms. The Morgan fingerprint density at radius 3 is 2.55 bits per heavy atom. The number of amides is 1. The summed E-state index contributed by atoms with van der Waals surface area (Å²) in [5.41, 5.74) is 0.534. The molecule has 1 aromatic rings. The highest BCUT2D eigenvalue weighted by Crippen LogP contribution is 2.18. The molecular formula is C15H24N4O. The van der Waals surface area contributed by atoms with Crippen LogP contribution in [0.5, 0.6) is 0 Å². The highest BCUT2D eigenvalue weighted by Gasteiger charge is 2.18. The lowest BCUT2D eigenvalue weighted by atomic mass is 10.1. The highest BCUT2D eigenvalue weighted by molar-refractivity contribution is 5.93. The molecule has 110 valence electrons. The van der Waals surface area contributed by atoms with Crippen molar-refractivity contribution < 1.29 is 4.79 Å². The summed E-state index contributed by atoms with van der Waals surface area (Å²) >= 11 is 0. The number of hydrogen-bond acceptors (Lipinski definition) is 4. The van der Waals surface area contributed by atoms with Gasteiger partial charge in [-0.15, -0.1) is 0 Å². The van der Waals surface area contributed by atoms with Crippen LogP contribution in [-0.4, -0.2) is 28.5 Å². The van der Waals surface area contributed by atoms with E-state index in [1.807, 2.05) is 0 Å². The number of nitrogens with zero attached hydrogens (tertiary/aromatic N) is 2. The molecule has 0 bridgehead atoms. The maximum Gasteiger partial charge on any atom is 0.254 e. The van der Waals surface area contributed by atoms with Crippen molar-refractivity contribution in [3.05, 3.63) is 18.0 Å². The monoisotopic (exact) mass is 276 g/mol. The van der Waals surface area contributed by atoms with Crippen LogP contribution < -0.4 is 10.6 Å². The van der Waals surface area contributed by atoms with Crippen LogP contribution in [0.3, 0.4) is 0 Å². The van der Waals surface area contributed by atoms with E-state index < -0.39 is 0 Å². The number of carbonyl (C=O) groups excluding carboxylic acids is 1. The lowest BCUT2D eigenvalue weighted by Gasteiger charge is -2.11. The van der Waals surface area contributed by atoms with Gasteiger partial charge in [-0.3, -0.25) is 4.79 Å². The van der Waals surface area contributed by atoms with Crippen LogP contribution in [0.4, 0.5) is 5.95 Å². The Bertz CT molecular complexity index is 424. The molecule has 0 saturated heterocycles. The molecule has 0 aromatic carbocycles. The third-order valence-corrected chi connectivity index (χ3v) is 3.61. The van der Waals surface area contributed by atoms with Crippen molar-refractivity contribution in [2.45, 2.75) is 52.0 Å². The molecule has 1 aliphatic carbocycles. The van der Waals surface area contributed by atoms with Gasteiger partial charge in [-0.05, 0) is 25.2 Å². The van der Waals surface area contributed by atoms with Gasteiger partial charge in [0, 0.05) is 25.0 Å². The number of anilines is 1. The first kappa shape index (κ1) is 14.8. The fourth-order valence-corrected chi connectivity index (χ4v) is 2.35. The van der Waals surface area contributed by atoms with Crippen molar-refractivity contribution in [3.8, 4) is 0 Å². The van der Waals surface area contributed by atoms with E-state index in [1.165, 1.54) is 12.8 Å². The maximum absolute atomic E-state index is 12.0. The van der Waals surface area contributed by atoms with Crippen molar-refractivity contribution >= 4 is 11.9 Å². The summed E-state index contributed by atoms with van der Waals surface area (Å²) in [5.74, 6) is 1.17. The molecule has 0 unspecified atom stereocenters. The Labute approximate surface area is 120 Å². The van der Waals surface area contributed by atoms with Crippen LogP contribution >= 0.6 is 0 Å². The molecule has 2 rings (SSSR count). The molecule has 1 heterocycles. The van der Waals surface area contributed by atoms with Gasteiger partial charge in [0.2, 0.25) is 5.95 Å². The molecule has 2 N–H and O–H groups in total. The minimum absolute atomic E-state index is 0.0642. The summed E-state index contributed by atoms with van der Waals surface area (Å²) in [6, 6.07) is 0.325. The quantitative estimate of drug-likeness (QED) is 0.838. The second-order valence-electron chi connectivity index (χ2n) is 5.86. The highest BCUT2D eigenvalue weighted by atomic mass is 16.1. The minimum atomic E-state index is -0.0642. The zero-order valence-electron chi connectivity index (χ0n) is 12.4. The Balaban J connectivity index is 1.82. The first-order chi connectivity index (χ1) is 9.65. The summed E-state index contributed by atoms with van der Waals surface area (Å²) in [5, 5.41) is 6.19. The molecule has 1 amide bonds. The summed E-state index contributed by atoms with van der Waals surface area (Å²) in [6.45, 7) is 5.21. The first-order valence-electron chi connectivity index (χ1n) is 7.52. The third-order valence-electron chi connectivity index (χ3n) is 3.61. The molecule has 1 fully saturated rings. The standard InChI is InChI=1S/C15H24N4O/c1-11(2)7-8-16-15-17-9-12(10-18-15)14(20)19-13-5-3-4-6-13/h9-11,13H,3-8H2,1-2H3,(H,19,20)(H,16,17,18). The van der Waals surface area contributed by atoms with Gasteiger partial charge in [-0.25, -0.2) is 9.97 Å². The Morgan fingerprint density at radius 2 is 1.95 bits per heavy atom. The zero-order chi connectivity index (χ0) is 14.4. The number of rotatable bonds is 6. The Kier molecular flexibility index (Phi) is 5.32. The van der Waals surface area contributed by atoms with Gasteiger partial charge in [0.15, 0.2) is 0 Å². The average molecular weight is 276 g/mol. The van der Waals surface area contributed by atoms with Crippen LogP contribution in [0.25, 0.3) is 0 Å². The van der Waals surface area contributed by atoms with E-state index in [0.717, 1.165) is 25.8 Å². The first-order valence-corrected chi connectivity index (χ1v) is 7.52. The van der Waals surface area contributed by atoms with E-state index >= 15 is 0 Å². The maximum atomic E-state index is 12.0. The Morgan fingerprint density at radius 1 is 1.30 bits per heavy atom. The summed E-state index contributed by atoms with van der Waals surface area (Å²) in [4.78, 5) is 20.4. The molecule has 5 heteroatoms. The molecule has 1 aliphatic rings. The minimum Gasteiger partial charge on any atom is -0.354 e. The van der Waals surface area contributed by atoms with Crippen molar-refractivity contribution in [1.82, 2.24) is 15.3 Å². The van der Waals surface area contributed by atoms with Gasteiger partial charge in [0.1, 0.15) is 0 Å². The molecule has 0 aliphatic heterocycles. The van der Waals surface area contributed by atoms with E-state index in [0.29, 0.717) is 23.5 Å². The molecule has 1 saturated carbocycles. The lowest BCUT2D eigenvalue weighted by Crippen LogP contribution is -2.32. The number of nitrogens with one attached hydrogen (secondary N) is 2. The van der Waals surface area contributed by atoms with Crippen LogP contribution in [0.15, 0.2) is 12.4 Å². The smallest absolute Gasteiger partial charge is 0.254 e. The molecular weight excluding hydrogens is 252 g/mol. The molecule has 1 aromatic heterocycles. The van der Waals surface area contributed by atoms with Crippen molar-refractivity contribution in [2.24, 2.45) is 5.92 Å². The number of aromatic nitrogens is 2. The summed E-state index contributed by atoms with van der Waals surface area (Å²) < 4.78 is 0. The predicted octanol–water partition coefficient (Wildman–Crippen LogP) is 2.61. The van der Waals surface area contributed by atoms with E-state index in [1.54, 1.807) is 12.4 Å². The number of hydrogen-bond donors (Lipinski definition) is 2. The average Bonchev–Trinajstić information content (AvgIpc) is 2.92. The SMILES string of the molecule is CC(C)CCNc1ncc(C(=O)NC2CCCC2)cn1. The van der Waals surface area contributed by atoms with Crippen LogP contribution in [0.1, 0.15) is 56.3 Å². The second-order valence-corrected chi connectivity index (χ2v) is 5.86. The topological polar surface area (TPSA) is 66.9 Å². The largest absolute Gasteiger partial charge is 0.354 e. The summed E-state index contributed by atoms with van der Waals surface area (Å²) in [6.07, 6.45) is 8.85. The molecule has 0 spiro atoms. The lowest BCUT2D eigenvalue weighted by molar-refractivity contribution is 0.0937. The van der Waals surface area contributed by atoms with Gasteiger partial charge < -0.3 is 10.6 Å². The summed E-state index contributed by atoms with van der Waals surface area (Å²) in [7, 11) is 0. The van der Waals surface area contributed by atoms with Gasteiger partial charge in [-0.1, -0.05) is 26.7 Å². The van der Waals surface area contributed by atoms with Gasteiger partial charge in [-0.2, -0.15) is 0 Å². The van der Waals surface area contributed by atoms with Crippen molar-refractivity contribution in [3.63, 3.8) is 0 Å². The third kappa shape index (κ3) is 4.47. The molecule has 0 atom stereocenters. The van der Waals surface area contributed by atoms with Gasteiger partial charge in [0.05, 0.1) is 5.56 Å². The molecule has 5 nitrogen and oxygen atoms in total. The van der Waals surface area contributed by atoms with E-state index in [4.69, 9.17) is 0 Å². The van der Waals surface area contributed by atoms with Crippen molar-refractivity contribution in [2.75, 3.05) is 11.9 Å². The van der Waals surface area contributed by atoms with E-state index in [2.05, 4.69) is 34.4 Å². The van der Waals surface area contributed by atoms with E-state index in [9.17, 15) is 4.79 Å². The van der Waals surface area contributed by atoms with Gasteiger partial charge in [0.25, 0.3) is 5.91 Å². The van der Waals surface area contributed by atoms with Crippen molar-refractivity contribution in [1.29, 1.82) is 0 Å². The number of carbonyl (C=O) groups is 1. The fraction of sp³-hybridized carbons (Fsp3) is 0.667. The second kappa shape index (κ2) is 7.22. The Hall–Kier alpha value is -1.65. The molecule has 0 radical (unpaired) electrons. The van der Waals surface area contributed by atoms with E-state index in [-0.39, 0.29) is 5.91 Å². The normalized spacial score (nSPS) is 15.6. The zero-order valence-corrected chi connectivity index (χ0v) is 12.4. The van der Waals surface area contributed by atoms with Crippen LogP contribution in [0, 0.1) is 5.92 Å². The predicted molar refractivity (Wildman–Crippen MR) is 79.7 cm³/mol.